The van der Waals surface area contributed by atoms with E-state index >= 15 is 0 Å². The standard InChI is InChI=1S/C12H19NOS/c1-4-15-11-7-5-10(6-8-11)12(13-2)9-14-3/h5-8,12-13H,4,9H2,1-3H3. The minimum absolute atomic E-state index is 0.288. The number of hydrogen-bond acceptors (Lipinski definition) is 3. The summed E-state index contributed by atoms with van der Waals surface area (Å²) in [5.74, 6) is 1.12. The topological polar surface area (TPSA) is 21.3 Å². The molecule has 0 saturated carbocycles. The minimum atomic E-state index is 0.288. The molecule has 1 unspecified atom stereocenters. The quantitative estimate of drug-likeness (QED) is 0.752. The molecule has 1 aromatic carbocycles. The molecule has 0 radical (unpaired) electrons. The van der Waals surface area contributed by atoms with Crippen molar-refractivity contribution in [3.63, 3.8) is 0 Å². The van der Waals surface area contributed by atoms with E-state index in [0.29, 0.717) is 6.61 Å². The first-order valence-electron chi connectivity index (χ1n) is 5.20. The molecule has 1 atom stereocenters. The Balaban J connectivity index is 2.68. The van der Waals surface area contributed by atoms with Gasteiger partial charge in [0.15, 0.2) is 0 Å². The van der Waals surface area contributed by atoms with Crippen molar-refractivity contribution in [2.24, 2.45) is 0 Å². The largest absolute Gasteiger partial charge is 0.383 e. The van der Waals surface area contributed by atoms with Gasteiger partial charge < -0.3 is 10.1 Å². The van der Waals surface area contributed by atoms with Crippen LogP contribution in [0.25, 0.3) is 0 Å². The fourth-order valence-corrected chi connectivity index (χ4v) is 2.14. The summed E-state index contributed by atoms with van der Waals surface area (Å²) >= 11 is 1.86. The molecular formula is C12H19NOS. The highest BCUT2D eigenvalue weighted by Gasteiger charge is 2.07. The van der Waals surface area contributed by atoms with Crippen LogP contribution >= 0.6 is 11.8 Å². The Hall–Kier alpha value is -0.510. The Kier molecular flexibility index (Phi) is 5.76. The summed E-state index contributed by atoms with van der Waals surface area (Å²) in [5.41, 5.74) is 1.28. The summed E-state index contributed by atoms with van der Waals surface area (Å²) in [6, 6.07) is 8.96. The summed E-state index contributed by atoms with van der Waals surface area (Å²) in [6.45, 7) is 2.87. The number of hydrogen-bond donors (Lipinski definition) is 1. The Morgan fingerprint density at radius 1 is 1.33 bits per heavy atom. The second-order valence-electron chi connectivity index (χ2n) is 3.30. The van der Waals surface area contributed by atoms with Crippen molar-refractivity contribution in [3.05, 3.63) is 29.8 Å². The average Bonchev–Trinajstić information content (AvgIpc) is 2.28. The molecule has 0 aliphatic rings. The molecule has 0 fully saturated rings. The van der Waals surface area contributed by atoms with Gasteiger partial charge in [-0.05, 0) is 30.5 Å². The monoisotopic (exact) mass is 225 g/mol. The Labute approximate surface area is 96.4 Å². The zero-order valence-electron chi connectivity index (χ0n) is 9.62. The number of ether oxygens (including phenoxy) is 1. The first-order chi connectivity index (χ1) is 7.31. The normalized spacial score (nSPS) is 12.7. The third kappa shape index (κ3) is 3.86. The van der Waals surface area contributed by atoms with E-state index in [1.807, 2.05) is 18.8 Å². The van der Waals surface area contributed by atoms with Gasteiger partial charge in [-0.3, -0.25) is 0 Å². The third-order valence-corrected chi connectivity index (χ3v) is 3.17. The average molecular weight is 225 g/mol. The van der Waals surface area contributed by atoms with Gasteiger partial charge in [0, 0.05) is 12.0 Å². The van der Waals surface area contributed by atoms with E-state index in [2.05, 4.69) is 36.5 Å². The summed E-state index contributed by atoms with van der Waals surface area (Å²) in [4.78, 5) is 1.33. The molecule has 84 valence electrons. The summed E-state index contributed by atoms with van der Waals surface area (Å²) in [6.07, 6.45) is 0. The maximum Gasteiger partial charge on any atom is 0.0657 e. The zero-order valence-corrected chi connectivity index (χ0v) is 10.4. The van der Waals surface area contributed by atoms with Gasteiger partial charge in [-0.15, -0.1) is 11.8 Å². The van der Waals surface area contributed by atoms with Crippen molar-refractivity contribution in [3.8, 4) is 0 Å². The van der Waals surface area contributed by atoms with Crippen molar-refractivity contribution in [2.75, 3.05) is 26.5 Å². The van der Waals surface area contributed by atoms with E-state index in [4.69, 9.17) is 4.74 Å². The predicted octanol–water partition coefficient (Wildman–Crippen LogP) is 2.71. The molecule has 3 heteroatoms. The summed E-state index contributed by atoms with van der Waals surface area (Å²) in [5, 5.41) is 3.24. The molecule has 0 heterocycles. The summed E-state index contributed by atoms with van der Waals surface area (Å²) < 4.78 is 5.16. The molecule has 0 aliphatic carbocycles. The fourth-order valence-electron chi connectivity index (χ4n) is 1.48. The molecule has 1 aromatic rings. The molecule has 0 amide bonds. The SMILES string of the molecule is CCSc1ccc(C(COC)NC)cc1. The molecule has 1 N–H and O–H groups in total. The molecular weight excluding hydrogens is 206 g/mol. The number of methoxy groups -OCH3 is 1. The lowest BCUT2D eigenvalue weighted by Gasteiger charge is -2.15. The smallest absolute Gasteiger partial charge is 0.0657 e. The number of likely N-dealkylation sites (N-methyl/N-ethyl adjacent to an activating group) is 1. The van der Waals surface area contributed by atoms with E-state index < -0.39 is 0 Å². The Morgan fingerprint density at radius 3 is 2.47 bits per heavy atom. The molecule has 15 heavy (non-hydrogen) atoms. The van der Waals surface area contributed by atoms with Crippen LogP contribution in [0, 0.1) is 0 Å². The van der Waals surface area contributed by atoms with Crippen LogP contribution in [0.1, 0.15) is 18.5 Å². The van der Waals surface area contributed by atoms with Crippen molar-refractivity contribution in [1.82, 2.24) is 5.32 Å². The van der Waals surface area contributed by atoms with Gasteiger partial charge in [0.25, 0.3) is 0 Å². The van der Waals surface area contributed by atoms with Crippen LogP contribution in [0.15, 0.2) is 29.2 Å². The van der Waals surface area contributed by atoms with Gasteiger partial charge in [-0.2, -0.15) is 0 Å². The van der Waals surface area contributed by atoms with Crippen molar-refractivity contribution < 1.29 is 4.74 Å². The zero-order chi connectivity index (χ0) is 11.1. The van der Waals surface area contributed by atoms with E-state index in [0.717, 1.165) is 5.75 Å². The lowest BCUT2D eigenvalue weighted by Crippen LogP contribution is -2.20. The second kappa shape index (κ2) is 6.88. The fraction of sp³-hybridized carbons (Fsp3) is 0.500. The molecule has 0 aromatic heterocycles. The molecule has 2 nitrogen and oxygen atoms in total. The van der Waals surface area contributed by atoms with Crippen LogP contribution < -0.4 is 5.32 Å². The van der Waals surface area contributed by atoms with Gasteiger partial charge in [0.2, 0.25) is 0 Å². The lowest BCUT2D eigenvalue weighted by molar-refractivity contribution is 0.170. The van der Waals surface area contributed by atoms with E-state index in [9.17, 15) is 0 Å². The maximum atomic E-state index is 5.16. The van der Waals surface area contributed by atoms with Crippen LogP contribution in [0.5, 0.6) is 0 Å². The highest BCUT2D eigenvalue weighted by molar-refractivity contribution is 7.99. The number of rotatable bonds is 6. The first-order valence-corrected chi connectivity index (χ1v) is 6.19. The van der Waals surface area contributed by atoms with Crippen molar-refractivity contribution >= 4 is 11.8 Å². The van der Waals surface area contributed by atoms with E-state index in [-0.39, 0.29) is 6.04 Å². The van der Waals surface area contributed by atoms with E-state index in [1.54, 1.807) is 7.11 Å². The van der Waals surface area contributed by atoms with Gasteiger partial charge in [0.05, 0.1) is 12.6 Å². The number of benzene rings is 1. The van der Waals surface area contributed by atoms with Crippen molar-refractivity contribution in [1.29, 1.82) is 0 Å². The predicted molar refractivity (Wildman–Crippen MR) is 66.5 cm³/mol. The molecule has 0 bridgehead atoms. The molecule has 0 aliphatic heterocycles. The Morgan fingerprint density at radius 2 is 2.00 bits per heavy atom. The van der Waals surface area contributed by atoms with Crippen LogP contribution in [0.4, 0.5) is 0 Å². The minimum Gasteiger partial charge on any atom is -0.383 e. The third-order valence-electron chi connectivity index (χ3n) is 2.28. The highest BCUT2D eigenvalue weighted by Crippen LogP contribution is 2.20. The van der Waals surface area contributed by atoms with Crippen LogP contribution in [-0.4, -0.2) is 26.5 Å². The van der Waals surface area contributed by atoms with Gasteiger partial charge in [-0.25, -0.2) is 0 Å². The molecule has 0 spiro atoms. The van der Waals surface area contributed by atoms with Gasteiger partial charge in [-0.1, -0.05) is 19.1 Å². The number of nitrogens with one attached hydrogen (secondary N) is 1. The van der Waals surface area contributed by atoms with Gasteiger partial charge >= 0.3 is 0 Å². The molecule has 0 saturated heterocycles. The van der Waals surface area contributed by atoms with Gasteiger partial charge in [0.1, 0.15) is 0 Å². The number of thioether (sulfide) groups is 1. The van der Waals surface area contributed by atoms with E-state index in [1.165, 1.54) is 10.5 Å². The van der Waals surface area contributed by atoms with Crippen LogP contribution in [0.2, 0.25) is 0 Å². The lowest BCUT2D eigenvalue weighted by atomic mass is 10.1. The van der Waals surface area contributed by atoms with Crippen LogP contribution in [-0.2, 0) is 4.74 Å². The first kappa shape index (κ1) is 12.6. The highest BCUT2D eigenvalue weighted by atomic mass is 32.2. The van der Waals surface area contributed by atoms with Crippen LogP contribution in [0.3, 0.4) is 0 Å². The Bertz CT molecular complexity index is 273. The van der Waals surface area contributed by atoms with Crippen molar-refractivity contribution in [2.45, 2.75) is 17.9 Å². The second-order valence-corrected chi connectivity index (χ2v) is 4.64. The maximum absolute atomic E-state index is 5.16. The molecule has 1 rings (SSSR count). The summed E-state index contributed by atoms with van der Waals surface area (Å²) in [7, 11) is 3.68.